The summed E-state index contributed by atoms with van der Waals surface area (Å²) < 4.78 is 0. The van der Waals surface area contributed by atoms with E-state index in [4.69, 9.17) is 11.6 Å². The SMILES string of the molecule is CCC(=O)Nc1ccc(NC(=O)C(C)Cl)cc1. The number of benzene rings is 1. The van der Waals surface area contributed by atoms with E-state index in [2.05, 4.69) is 10.6 Å². The fourth-order valence-corrected chi connectivity index (χ4v) is 1.18. The number of carbonyl (C=O) groups excluding carboxylic acids is 2. The molecule has 0 fully saturated rings. The molecule has 0 aliphatic heterocycles. The van der Waals surface area contributed by atoms with Gasteiger partial charge in [-0.25, -0.2) is 0 Å². The van der Waals surface area contributed by atoms with Gasteiger partial charge in [0.1, 0.15) is 5.38 Å². The Kier molecular flexibility index (Phi) is 4.97. The lowest BCUT2D eigenvalue weighted by atomic mass is 10.2. The normalized spacial score (nSPS) is 11.7. The van der Waals surface area contributed by atoms with E-state index in [1.165, 1.54) is 0 Å². The number of amides is 2. The second-order valence-corrected chi connectivity index (χ2v) is 4.24. The highest BCUT2D eigenvalue weighted by atomic mass is 35.5. The van der Waals surface area contributed by atoms with E-state index in [0.717, 1.165) is 0 Å². The van der Waals surface area contributed by atoms with Crippen molar-refractivity contribution in [1.82, 2.24) is 0 Å². The highest BCUT2D eigenvalue weighted by Crippen LogP contribution is 2.14. The smallest absolute Gasteiger partial charge is 0.242 e. The van der Waals surface area contributed by atoms with Gasteiger partial charge in [-0.15, -0.1) is 11.6 Å². The summed E-state index contributed by atoms with van der Waals surface area (Å²) in [7, 11) is 0. The molecule has 5 heteroatoms. The van der Waals surface area contributed by atoms with Crippen LogP contribution in [-0.4, -0.2) is 17.2 Å². The van der Waals surface area contributed by atoms with Gasteiger partial charge in [-0.3, -0.25) is 9.59 Å². The molecule has 0 aliphatic carbocycles. The highest BCUT2D eigenvalue weighted by Gasteiger charge is 2.08. The summed E-state index contributed by atoms with van der Waals surface area (Å²) in [5, 5.41) is 4.79. The maximum absolute atomic E-state index is 11.3. The molecule has 0 radical (unpaired) electrons. The third-order valence-electron chi connectivity index (χ3n) is 2.12. The van der Waals surface area contributed by atoms with Crippen molar-refractivity contribution in [3.05, 3.63) is 24.3 Å². The number of halogens is 1. The maximum Gasteiger partial charge on any atom is 0.242 e. The second kappa shape index (κ2) is 6.25. The third kappa shape index (κ3) is 4.44. The molecule has 4 nitrogen and oxygen atoms in total. The quantitative estimate of drug-likeness (QED) is 0.812. The van der Waals surface area contributed by atoms with Crippen LogP contribution in [0.15, 0.2) is 24.3 Å². The Balaban J connectivity index is 2.62. The predicted octanol–water partition coefficient (Wildman–Crippen LogP) is 2.60. The van der Waals surface area contributed by atoms with Crippen LogP contribution < -0.4 is 10.6 Å². The molecule has 0 aromatic heterocycles. The Bertz CT molecular complexity index is 401. The van der Waals surface area contributed by atoms with Crippen LogP contribution in [0.1, 0.15) is 20.3 Å². The van der Waals surface area contributed by atoms with Crippen LogP contribution in [-0.2, 0) is 9.59 Å². The number of hydrogen-bond acceptors (Lipinski definition) is 2. The summed E-state index contributed by atoms with van der Waals surface area (Å²) in [6.45, 7) is 3.39. The molecule has 1 aromatic rings. The van der Waals surface area contributed by atoms with Crippen LogP contribution >= 0.6 is 11.6 Å². The summed E-state index contributed by atoms with van der Waals surface area (Å²) in [4.78, 5) is 22.4. The molecule has 2 amide bonds. The Morgan fingerprint density at radius 3 is 2.06 bits per heavy atom. The van der Waals surface area contributed by atoms with E-state index in [9.17, 15) is 9.59 Å². The standard InChI is InChI=1S/C12H15ClN2O2/c1-3-11(16)14-9-4-6-10(7-5-9)15-12(17)8(2)13/h4-8H,3H2,1-2H3,(H,14,16)(H,15,17). The van der Waals surface area contributed by atoms with E-state index in [0.29, 0.717) is 17.8 Å². The van der Waals surface area contributed by atoms with Crippen LogP contribution in [0, 0.1) is 0 Å². The zero-order valence-corrected chi connectivity index (χ0v) is 10.5. The van der Waals surface area contributed by atoms with Crippen molar-refractivity contribution >= 4 is 34.8 Å². The van der Waals surface area contributed by atoms with E-state index < -0.39 is 5.38 Å². The molecule has 1 rings (SSSR count). The molecule has 1 unspecified atom stereocenters. The van der Waals surface area contributed by atoms with Gasteiger partial charge in [0.25, 0.3) is 0 Å². The molecular formula is C12H15ClN2O2. The van der Waals surface area contributed by atoms with Crippen LogP contribution in [0.25, 0.3) is 0 Å². The summed E-state index contributed by atoms with van der Waals surface area (Å²) in [5.74, 6) is -0.298. The maximum atomic E-state index is 11.3. The zero-order valence-electron chi connectivity index (χ0n) is 9.79. The van der Waals surface area contributed by atoms with E-state index >= 15 is 0 Å². The summed E-state index contributed by atoms with van der Waals surface area (Å²) in [6, 6.07) is 6.87. The fraction of sp³-hybridized carbons (Fsp3) is 0.333. The van der Waals surface area contributed by atoms with Gasteiger partial charge < -0.3 is 10.6 Å². The van der Waals surface area contributed by atoms with Gasteiger partial charge in [0, 0.05) is 17.8 Å². The minimum atomic E-state index is -0.575. The third-order valence-corrected chi connectivity index (χ3v) is 2.32. The van der Waals surface area contributed by atoms with Crippen molar-refractivity contribution in [2.24, 2.45) is 0 Å². The number of anilines is 2. The minimum Gasteiger partial charge on any atom is -0.326 e. The Labute approximate surface area is 105 Å². The minimum absolute atomic E-state index is 0.0452. The van der Waals surface area contributed by atoms with E-state index in [1.54, 1.807) is 38.1 Å². The van der Waals surface area contributed by atoms with Crippen molar-refractivity contribution in [2.75, 3.05) is 10.6 Å². The summed E-state index contributed by atoms with van der Waals surface area (Å²) >= 11 is 5.63. The van der Waals surface area contributed by atoms with Gasteiger partial charge in [-0.05, 0) is 31.2 Å². The molecule has 0 saturated carbocycles. The van der Waals surface area contributed by atoms with Gasteiger partial charge >= 0.3 is 0 Å². The molecule has 0 spiro atoms. The second-order valence-electron chi connectivity index (χ2n) is 3.58. The number of alkyl halides is 1. The number of nitrogens with one attached hydrogen (secondary N) is 2. The molecule has 0 saturated heterocycles. The first-order chi connectivity index (χ1) is 8.02. The average Bonchev–Trinajstić information content (AvgIpc) is 2.31. The Morgan fingerprint density at radius 2 is 1.65 bits per heavy atom. The van der Waals surface area contributed by atoms with Crippen LogP contribution in [0.5, 0.6) is 0 Å². The molecule has 0 heterocycles. The van der Waals surface area contributed by atoms with E-state index in [1.807, 2.05) is 0 Å². The van der Waals surface area contributed by atoms with Gasteiger partial charge in [-0.2, -0.15) is 0 Å². The lowest BCUT2D eigenvalue weighted by molar-refractivity contribution is -0.116. The lowest BCUT2D eigenvalue weighted by Crippen LogP contribution is -2.20. The Hall–Kier alpha value is -1.55. The largest absolute Gasteiger partial charge is 0.326 e. The molecule has 1 aromatic carbocycles. The van der Waals surface area contributed by atoms with Crippen molar-refractivity contribution in [2.45, 2.75) is 25.6 Å². The number of rotatable bonds is 4. The van der Waals surface area contributed by atoms with Crippen LogP contribution in [0.3, 0.4) is 0 Å². The molecule has 92 valence electrons. The summed E-state index contributed by atoms with van der Waals surface area (Å²) in [5.41, 5.74) is 1.35. The molecular weight excluding hydrogens is 240 g/mol. The first-order valence-electron chi connectivity index (χ1n) is 5.37. The first kappa shape index (κ1) is 13.5. The monoisotopic (exact) mass is 254 g/mol. The average molecular weight is 255 g/mol. The van der Waals surface area contributed by atoms with Crippen LogP contribution in [0.4, 0.5) is 11.4 Å². The van der Waals surface area contributed by atoms with Gasteiger partial charge in [0.15, 0.2) is 0 Å². The molecule has 17 heavy (non-hydrogen) atoms. The number of hydrogen-bond donors (Lipinski definition) is 2. The van der Waals surface area contributed by atoms with Crippen molar-refractivity contribution < 1.29 is 9.59 Å². The van der Waals surface area contributed by atoms with Crippen molar-refractivity contribution in [3.8, 4) is 0 Å². The highest BCUT2D eigenvalue weighted by molar-refractivity contribution is 6.32. The number of carbonyl (C=O) groups is 2. The molecule has 0 aliphatic rings. The van der Waals surface area contributed by atoms with Crippen molar-refractivity contribution in [3.63, 3.8) is 0 Å². The topological polar surface area (TPSA) is 58.2 Å². The van der Waals surface area contributed by atoms with Gasteiger partial charge in [0.05, 0.1) is 0 Å². The van der Waals surface area contributed by atoms with Gasteiger partial charge in [0.2, 0.25) is 11.8 Å². The van der Waals surface area contributed by atoms with Gasteiger partial charge in [-0.1, -0.05) is 6.92 Å². The summed E-state index contributed by atoms with van der Waals surface area (Å²) in [6.07, 6.45) is 0.433. The fourth-order valence-electron chi connectivity index (χ4n) is 1.13. The van der Waals surface area contributed by atoms with E-state index in [-0.39, 0.29) is 11.8 Å². The van der Waals surface area contributed by atoms with Crippen molar-refractivity contribution in [1.29, 1.82) is 0 Å². The lowest BCUT2D eigenvalue weighted by Gasteiger charge is -2.08. The zero-order chi connectivity index (χ0) is 12.8. The van der Waals surface area contributed by atoms with Crippen LogP contribution in [0.2, 0.25) is 0 Å². The molecule has 1 atom stereocenters. The first-order valence-corrected chi connectivity index (χ1v) is 5.81. The molecule has 0 bridgehead atoms. The Morgan fingerprint density at radius 1 is 1.18 bits per heavy atom. The molecule has 2 N–H and O–H groups in total. The predicted molar refractivity (Wildman–Crippen MR) is 69.3 cm³/mol.